The van der Waals surface area contributed by atoms with E-state index in [-0.39, 0.29) is 0 Å². The summed E-state index contributed by atoms with van der Waals surface area (Å²) >= 11 is 0. The molecule has 0 saturated carbocycles. The van der Waals surface area contributed by atoms with Crippen molar-refractivity contribution in [3.05, 3.63) is 30.5 Å². The van der Waals surface area contributed by atoms with Crippen LogP contribution >= 0.6 is 0 Å². The molecule has 0 atom stereocenters. The van der Waals surface area contributed by atoms with E-state index in [1.165, 1.54) is 12.8 Å². The number of hydrogen-bond acceptors (Lipinski definition) is 7. The minimum atomic E-state index is 0.944. The summed E-state index contributed by atoms with van der Waals surface area (Å²) in [7, 11) is 0. The van der Waals surface area contributed by atoms with Gasteiger partial charge in [0.25, 0.3) is 0 Å². The number of rotatable bonds is 3. The van der Waals surface area contributed by atoms with E-state index in [1.807, 2.05) is 6.20 Å². The quantitative estimate of drug-likeness (QED) is 0.847. The smallest absolute Gasteiger partial charge is 0.134 e. The lowest BCUT2D eigenvalue weighted by atomic mass is 10.2. The van der Waals surface area contributed by atoms with E-state index < -0.39 is 0 Å². The van der Waals surface area contributed by atoms with Crippen LogP contribution in [0, 0.1) is 6.92 Å². The molecule has 24 heavy (non-hydrogen) atoms. The van der Waals surface area contributed by atoms with Crippen LogP contribution in [0.25, 0.3) is 0 Å². The van der Waals surface area contributed by atoms with E-state index in [0.29, 0.717) is 0 Å². The molecular weight excluding hydrogens is 302 g/mol. The second-order valence-electron chi connectivity index (χ2n) is 6.43. The first-order valence-corrected chi connectivity index (χ1v) is 8.65. The van der Waals surface area contributed by atoms with Gasteiger partial charge in [0, 0.05) is 57.1 Å². The highest BCUT2D eigenvalue weighted by molar-refractivity contribution is 5.52. The van der Waals surface area contributed by atoms with E-state index in [9.17, 15) is 0 Å². The average molecular weight is 325 g/mol. The second kappa shape index (κ2) is 6.59. The lowest BCUT2D eigenvalue weighted by Crippen LogP contribution is -2.47. The summed E-state index contributed by atoms with van der Waals surface area (Å²) < 4.78 is 0. The highest BCUT2D eigenvalue weighted by Gasteiger charge is 2.21. The fraction of sp³-hybridized carbons (Fsp3) is 0.529. The van der Waals surface area contributed by atoms with Crippen LogP contribution in [0.4, 0.5) is 17.5 Å². The second-order valence-corrected chi connectivity index (χ2v) is 6.43. The first kappa shape index (κ1) is 15.1. The minimum absolute atomic E-state index is 0.944. The van der Waals surface area contributed by atoms with Crippen molar-refractivity contribution in [1.82, 2.24) is 19.9 Å². The van der Waals surface area contributed by atoms with Crippen molar-refractivity contribution in [3.8, 4) is 0 Å². The molecule has 7 heteroatoms. The largest absolute Gasteiger partial charge is 0.356 e. The summed E-state index contributed by atoms with van der Waals surface area (Å²) in [6.07, 6.45) is 7.72. The Bertz CT molecular complexity index is 691. The Morgan fingerprint density at radius 2 is 1.38 bits per heavy atom. The molecule has 0 unspecified atom stereocenters. The Kier molecular flexibility index (Phi) is 4.15. The van der Waals surface area contributed by atoms with Crippen LogP contribution in [0.3, 0.4) is 0 Å². The van der Waals surface area contributed by atoms with Crippen LogP contribution in [0.15, 0.2) is 24.9 Å². The zero-order valence-corrected chi connectivity index (χ0v) is 14.1. The van der Waals surface area contributed by atoms with Crippen LogP contribution in [-0.2, 0) is 0 Å². The highest BCUT2D eigenvalue weighted by Crippen LogP contribution is 2.23. The Labute approximate surface area is 142 Å². The molecule has 2 aromatic rings. The van der Waals surface area contributed by atoms with E-state index in [2.05, 4.69) is 47.6 Å². The van der Waals surface area contributed by atoms with Crippen LogP contribution in [0.5, 0.6) is 0 Å². The summed E-state index contributed by atoms with van der Waals surface area (Å²) in [5, 5.41) is 0. The van der Waals surface area contributed by atoms with Crippen molar-refractivity contribution >= 4 is 17.5 Å². The molecule has 126 valence electrons. The van der Waals surface area contributed by atoms with E-state index >= 15 is 0 Å². The Hall–Kier alpha value is -2.44. The van der Waals surface area contributed by atoms with Gasteiger partial charge in [0.2, 0.25) is 0 Å². The number of nitrogens with zero attached hydrogens (tertiary/aromatic N) is 7. The topological polar surface area (TPSA) is 61.3 Å². The zero-order valence-electron chi connectivity index (χ0n) is 14.1. The first-order valence-electron chi connectivity index (χ1n) is 8.65. The molecule has 0 bridgehead atoms. The van der Waals surface area contributed by atoms with E-state index in [0.717, 1.165) is 62.3 Å². The minimum Gasteiger partial charge on any atom is -0.356 e. The zero-order chi connectivity index (χ0) is 16.4. The van der Waals surface area contributed by atoms with Gasteiger partial charge in [-0.1, -0.05) is 0 Å². The fourth-order valence-electron chi connectivity index (χ4n) is 3.50. The molecule has 0 spiro atoms. The van der Waals surface area contributed by atoms with Gasteiger partial charge >= 0.3 is 0 Å². The van der Waals surface area contributed by atoms with Crippen LogP contribution in [-0.4, -0.2) is 59.2 Å². The van der Waals surface area contributed by atoms with Crippen LogP contribution in [0.2, 0.25) is 0 Å². The van der Waals surface area contributed by atoms with Gasteiger partial charge in [-0.3, -0.25) is 0 Å². The third-order valence-corrected chi connectivity index (χ3v) is 4.84. The molecule has 4 heterocycles. The molecule has 7 nitrogen and oxygen atoms in total. The predicted octanol–water partition coefficient (Wildman–Crippen LogP) is 1.50. The van der Waals surface area contributed by atoms with Gasteiger partial charge in [-0.15, -0.1) is 0 Å². The van der Waals surface area contributed by atoms with Crippen molar-refractivity contribution in [2.75, 3.05) is 54.0 Å². The van der Waals surface area contributed by atoms with Crippen molar-refractivity contribution in [3.63, 3.8) is 0 Å². The van der Waals surface area contributed by atoms with Crippen LogP contribution < -0.4 is 14.7 Å². The monoisotopic (exact) mass is 325 g/mol. The third-order valence-electron chi connectivity index (χ3n) is 4.84. The molecule has 2 aliphatic heterocycles. The number of anilines is 3. The van der Waals surface area contributed by atoms with E-state index in [4.69, 9.17) is 0 Å². The fourth-order valence-corrected chi connectivity index (χ4v) is 3.50. The summed E-state index contributed by atoms with van der Waals surface area (Å²) in [5.41, 5.74) is 1.13. The molecule has 2 aliphatic rings. The summed E-state index contributed by atoms with van der Waals surface area (Å²) in [6, 6.07) is 2.14. The van der Waals surface area contributed by atoms with Gasteiger partial charge in [0.05, 0.1) is 0 Å². The van der Waals surface area contributed by atoms with Crippen molar-refractivity contribution < 1.29 is 0 Å². The van der Waals surface area contributed by atoms with E-state index in [1.54, 1.807) is 12.7 Å². The Morgan fingerprint density at radius 1 is 0.750 bits per heavy atom. The molecule has 0 N–H and O–H groups in total. The van der Waals surface area contributed by atoms with Gasteiger partial charge in [-0.2, -0.15) is 0 Å². The predicted molar refractivity (Wildman–Crippen MR) is 94.7 cm³/mol. The molecule has 4 rings (SSSR count). The maximum absolute atomic E-state index is 4.49. The van der Waals surface area contributed by atoms with Crippen molar-refractivity contribution in [2.24, 2.45) is 0 Å². The SMILES string of the molecule is Cc1cncnc1N1CCN(c2cc(N3CCCC3)ncn2)CC1. The molecule has 0 amide bonds. The van der Waals surface area contributed by atoms with Gasteiger partial charge in [-0.25, -0.2) is 19.9 Å². The van der Waals surface area contributed by atoms with Gasteiger partial charge in [0.1, 0.15) is 30.1 Å². The molecule has 0 aromatic carbocycles. The normalized spacial score (nSPS) is 18.3. The standard InChI is InChI=1S/C17H23N7/c1-14-11-18-12-21-17(14)24-8-6-23(7-9-24)16-10-15(19-13-20-16)22-4-2-3-5-22/h10-13H,2-9H2,1H3. The maximum Gasteiger partial charge on any atom is 0.134 e. The van der Waals surface area contributed by atoms with Crippen molar-refractivity contribution in [1.29, 1.82) is 0 Å². The van der Waals surface area contributed by atoms with Gasteiger partial charge < -0.3 is 14.7 Å². The molecule has 0 radical (unpaired) electrons. The summed E-state index contributed by atoms with van der Waals surface area (Å²) in [5.74, 6) is 3.14. The number of piperazine rings is 1. The van der Waals surface area contributed by atoms with Crippen LogP contribution in [0.1, 0.15) is 18.4 Å². The van der Waals surface area contributed by atoms with Crippen molar-refractivity contribution in [2.45, 2.75) is 19.8 Å². The maximum atomic E-state index is 4.49. The van der Waals surface area contributed by atoms with Gasteiger partial charge in [-0.05, 0) is 19.8 Å². The lowest BCUT2D eigenvalue weighted by Gasteiger charge is -2.36. The Morgan fingerprint density at radius 3 is 2.04 bits per heavy atom. The average Bonchev–Trinajstić information content (AvgIpc) is 3.17. The first-order chi connectivity index (χ1) is 11.8. The number of hydrogen-bond donors (Lipinski definition) is 0. The highest BCUT2D eigenvalue weighted by atomic mass is 15.3. The number of aromatic nitrogens is 4. The summed E-state index contributed by atoms with van der Waals surface area (Å²) in [6.45, 7) is 8.06. The Balaban J connectivity index is 1.44. The molecule has 0 aliphatic carbocycles. The molecule has 2 saturated heterocycles. The molecule has 2 fully saturated rings. The van der Waals surface area contributed by atoms with Gasteiger partial charge in [0.15, 0.2) is 0 Å². The third kappa shape index (κ3) is 2.98. The lowest BCUT2D eigenvalue weighted by molar-refractivity contribution is 0.638. The molecular formula is C17H23N7. The summed E-state index contributed by atoms with van der Waals surface area (Å²) in [4.78, 5) is 24.5. The number of aryl methyl sites for hydroxylation is 1. The molecule has 2 aromatic heterocycles.